The highest BCUT2D eigenvalue weighted by Gasteiger charge is 2.58. The fraction of sp³-hybridized carbons (Fsp3) is 0.286. The highest BCUT2D eigenvalue weighted by atomic mass is 19.4. The average Bonchev–Trinajstić information content (AvgIpc) is 2.60. The van der Waals surface area contributed by atoms with Crippen molar-refractivity contribution in [1.29, 1.82) is 0 Å². The number of ether oxygens (including phenoxy) is 1. The minimum atomic E-state index is -5.15. The van der Waals surface area contributed by atoms with Crippen molar-refractivity contribution in [1.82, 2.24) is 0 Å². The van der Waals surface area contributed by atoms with E-state index < -0.39 is 44.3 Å². The second-order valence-electron chi connectivity index (χ2n) is 5.54. The van der Waals surface area contributed by atoms with Gasteiger partial charge >= 0.3 is 11.8 Å². The van der Waals surface area contributed by atoms with Gasteiger partial charge in [-0.15, -0.1) is 0 Å². The van der Waals surface area contributed by atoms with Crippen molar-refractivity contribution in [3.05, 3.63) is 72.0 Å². The summed E-state index contributed by atoms with van der Waals surface area (Å²) >= 11 is 0. The Balaban J connectivity index is 2.51. The predicted octanol–water partition coefficient (Wildman–Crippen LogP) is 3.04. The molecule has 0 aliphatic heterocycles. The first-order chi connectivity index (χ1) is 12.9. The number of halogens is 3. The van der Waals surface area contributed by atoms with Crippen molar-refractivity contribution >= 4 is 11.4 Å². The third kappa shape index (κ3) is 3.70. The third-order valence-corrected chi connectivity index (χ3v) is 3.88. The Bertz CT molecular complexity index is 897. The predicted molar refractivity (Wildman–Crippen MR) is 86.8 cm³/mol. The maximum Gasteiger partial charge on any atom is 0.482 e. The molecule has 28 heavy (non-hydrogen) atoms. The lowest BCUT2D eigenvalue weighted by atomic mass is 9.94. The molecule has 0 bridgehead atoms. The fourth-order valence-electron chi connectivity index (χ4n) is 2.45. The summed E-state index contributed by atoms with van der Waals surface area (Å²) in [5.41, 5.74) is -5.95. The van der Waals surface area contributed by atoms with E-state index in [-0.39, 0.29) is 23.2 Å². The van der Waals surface area contributed by atoms with E-state index >= 15 is 0 Å². The van der Waals surface area contributed by atoms with Crippen LogP contribution >= 0.6 is 0 Å². The first kappa shape index (κ1) is 20.6. The van der Waals surface area contributed by atoms with Gasteiger partial charge in [0.25, 0.3) is 5.69 Å². The zero-order valence-corrected chi connectivity index (χ0v) is 13.9. The molecule has 0 atom stereocenters. The number of nitrogens with zero attached hydrogens (tertiary/aromatic N) is 3. The average molecular weight is 404 g/mol. The van der Waals surface area contributed by atoms with Crippen LogP contribution in [0.3, 0.4) is 0 Å². The van der Waals surface area contributed by atoms with E-state index in [1.807, 2.05) is 0 Å². The van der Waals surface area contributed by atoms with Gasteiger partial charge in [-0.25, -0.2) is 0 Å². The van der Waals surface area contributed by atoms with E-state index in [4.69, 9.17) is 4.74 Å². The first-order valence-corrected chi connectivity index (χ1v) is 7.31. The lowest BCUT2D eigenvalue weighted by Gasteiger charge is -2.24. The smallest absolute Gasteiger partial charge is 0.482 e. The molecule has 150 valence electrons. The molecular weight excluding hydrogens is 393 g/mol. The Morgan fingerprint density at radius 1 is 1.14 bits per heavy atom. The molecule has 1 aliphatic carbocycles. The van der Waals surface area contributed by atoms with Crippen LogP contribution in [-0.2, 0) is 0 Å². The number of nitrogens with one attached hydrogen (secondary N) is 1. The minimum Gasteiger partial charge on any atom is -0.494 e. The molecule has 0 aromatic heterocycles. The number of rotatable bonds is 6. The molecule has 2 rings (SSSR count). The number of hydrogen-bond donors (Lipinski definition) is 1. The second-order valence-corrected chi connectivity index (χ2v) is 5.54. The van der Waals surface area contributed by atoms with Crippen LogP contribution in [0.1, 0.15) is 6.42 Å². The molecule has 0 saturated carbocycles. The number of anilines is 1. The number of methoxy groups -OCH3 is 1. The van der Waals surface area contributed by atoms with Crippen LogP contribution < -0.4 is 10.1 Å². The molecule has 1 N–H and O–H groups in total. The SMILES string of the molecule is COc1cc([N+](=O)[O-])ccc1NC1=CCC([N+](=O)[O-])([N+](=O)[O-])C=C1C(F)(F)F. The molecule has 0 unspecified atom stereocenters. The van der Waals surface area contributed by atoms with E-state index in [0.29, 0.717) is 6.08 Å². The molecule has 0 fully saturated rings. The van der Waals surface area contributed by atoms with Crippen LogP contribution in [0.2, 0.25) is 0 Å². The summed E-state index contributed by atoms with van der Waals surface area (Å²) in [4.78, 5) is 29.4. The summed E-state index contributed by atoms with van der Waals surface area (Å²) in [5, 5.41) is 35.3. The summed E-state index contributed by atoms with van der Waals surface area (Å²) in [7, 11) is 1.13. The number of nitro benzene ring substituents is 1. The molecule has 1 aromatic carbocycles. The van der Waals surface area contributed by atoms with E-state index in [2.05, 4.69) is 5.32 Å². The maximum atomic E-state index is 13.4. The molecule has 1 aliphatic rings. The van der Waals surface area contributed by atoms with E-state index in [9.17, 15) is 43.5 Å². The van der Waals surface area contributed by atoms with Crippen LogP contribution in [0.25, 0.3) is 0 Å². The Hall–Kier alpha value is -3.71. The van der Waals surface area contributed by atoms with Gasteiger partial charge in [-0.05, 0) is 12.1 Å². The van der Waals surface area contributed by atoms with Gasteiger partial charge in [0.15, 0.2) is 0 Å². The maximum absolute atomic E-state index is 13.4. The molecule has 0 radical (unpaired) electrons. The lowest BCUT2D eigenvalue weighted by molar-refractivity contribution is -0.780. The van der Waals surface area contributed by atoms with Crippen molar-refractivity contribution in [2.75, 3.05) is 12.4 Å². The second kappa shape index (κ2) is 7.13. The van der Waals surface area contributed by atoms with Gasteiger partial charge in [-0.1, -0.05) is 0 Å². The third-order valence-electron chi connectivity index (χ3n) is 3.88. The van der Waals surface area contributed by atoms with Gasteiger partial charge in [0.05, 0.1) is 35.4 Å². The van der Waals surface area contributed by atoms with Crippen LogP contribution in [0.5, 0.6) is 5.75 Å². The monoisotopic (exact) mass is 404 g/mol. The van der Waals surface area contributed by atoms with Gasteiger partial charge in [0.1, 0.15) is 22.0 Å². The van der Waals surface area contributed by atoms with E-state index in [1.54, 1.807) is 0 Å². The Morgan fingerprint density at radius 3 is 2.21 bits per heavy atom. The van der Waals surface area contributed by atoms with E-state index in [1.165, 1.54) is 0 Å². The Labute approximate surface area is 153 Å². The van der Waals surface area contributed by atoms with Crippen LogP contribution in [0.15, 0.2) is 41.6 Å². The number of benzene rings is 1. The van der Waals surface area contributed by atoms with Gasteiger partial charge in [-0.2, -0.15) is 13.2 Å². The summed E-state index contributed by atoms with van der Waals surface area (Å²) < 4.78 is 45.1. The Morgan fingerprint density at radius 2 is 1.75 bits per heavy atom. The summed E-state index contributed by atoms with van der Waals surface area (Å²) in [6.45, 7) is 0. The van der Waals surface area contributed by atoms with Crippen LogP contribution in [-0.4, -0.2) is 33.7 Å². The number of non-ortho nitro benzene ring substituents is 1. The standard InChI is InChI=1S/C14H11F3N4O7/c1-28-12-6-8(19(22)23)2-3-11(12)18-10-4-5-13(20(24)25,21(26)27)7-9(10)14(15,16)17/h2-4,6-7,18H,5H2,1H3. The molecule has 1 aromatic rings. The Kier molecular flexibility index (Phi) is 5.24. The van der Waals surface area contributed by atoms with Gasteiger partial charge in [-0.3, -0.25) is 30.3 Å². The molecular formula is C14H11F3N4O7. The first-order valence-electron chi connectivity index (χ1n) is 7.31. The van der Waals surface area contributed by atoms with Gasteiger partial charge < -0.3 is 10.1 Å². The molecule has 0 amide bonds. The number of alkyl halides is 3. The molecule has 14 heteroatoms. The molecule has 0 saturated heterocycles. The zero-order chi connectivity index (χ0) is 21.3. The largest absolute Gasteiger partial charge is 0.494 e. The summed E-state index contributed by atoms with van der Waals surface area (Å²) in [6.07, 6.45) is -5.47. The van der Waals surface area contributed by atoms with E-state index in [0.717, 1.165) is 25.3 Å². The normalized spacial score (nSPS) is 15.9. The number of nitro groups is 3. The van der Waals surface area contributed by atoms with Gasteiger partial charge in [0.2, 0.25) is 0 Å². The van der Waals surface area contributed by atoms with Crippen LogP contribution in [0, 0.1) is 30.3 Å². The highest BCUT2D eigenvalue weighted by molar-refractivity contribution is 5.66. The summed E-state index contributed by atoms with van der Waals surface area (Å²) in [6, 6.07) is 3.04. The van der Waals surface area contributed by atoms with Gasteiger partial charge in [0, 0.05) is 11.8 Å². The van der Waals surface area contributed by atoms with Crippen molar-refractivity contribution < 1.29 is 32.7 Å². The summed E-state index contributed by atoms with van der Waals surface area (Å²) in [5.74, 6) is -0.169. The zero-order valence-electron chi connectivity index (χ0n) is 13.9. The number of allylic oxidation sites excluding steroid dienone is 1. The minimum absolute atomic E-state index is 0.0623. The van der Waals surface area contributed by atoms with Crippen LogP contribution in [0.4, 0.5) is 24.5 Å². The molecule has 0 spiro atoms. The van der Waals surface area contributed by atoms with Crippen molar-refractivity contribution in [2.24, 2.45) is 0 Å². The van der Waals surface area contributed by atoms with Crippen molar-refractivity contribution in [3.8, 4) is 5.75 Å². The van der Waals surface area contributed by atoms with Crippen molar-refractivity contribution in [2.45, 2.75) is 18.3 Å². The molecule has 11 nitrogen and oxygen atoms in total. The fourth-order valence-corrected chi connectivity index (χ4v) is 2.45. The molecule has 0 heterocycles. The number of hydrogen-bond acceptors (Lipinski definition) is 8. The van der Waals surface area contributed by atoms with Crippen molar-refractivity contribution in [3.63, 3.8) is 0 Å². The highest BCUT2D eigenvalue weighted by Crippen LogP contribution is 2.40. The lowest BCUT2D eigenvalue weighted by Crippen LogP contribution is -2.46. The topological polar surface area (TPSA) is 151 Å². The quantitative estimate of drug-likeness (QED) is 0.432.